The average Bonchev–Trinajstić information content (AvgIpc) is 2.76. The number of nitrogens with one attached hydrogen (secondary N) is 2. The molecule has 2 N–H and O–H groups in total. The maximum Gasteiger partial charge on any atom is 0.271 e. The maximum atomic E-state index is 12.7. The third-order valence-corrected chi connectivity index (χ3v) is 5.71. The van der Waals surface area contributed by atoms with Gasteiger partial charge in [0.25, 0.3) is 5.91 Å². The zero-order valence-corrected chi connectivity index (χ0v) is 16.6. The van der Waals surface area contributed by atoms with Crippen LogP contribution in [0.15, 0.2) is 88.9 Å². The van der Waals surface area contributed by atoms with Crippen molar-refractivity contribution in [1.29, 1.82) is 0 Å². The lowest BCUT2D eigenvalue weighted by atomic mass is 10.0. The Bertz CT molecular complexity index is 1040. The summed E-state index contributed by atoms with van der Waals surface area (Å²) in [7, 11) is 0. The van der Waals surface area contributed by atoms with Gasteiger partial charge >= 0.3 is 0 Å². The molecular formula is C23H19N3O2S. The van der Waals surface area contributed by atoms with E-state index in [1.165, 1.54) is 11.8 Å². The largest absolute Gasteiger partial charge is 0.324 e. The molecule has 0 bridgehead atoms. The zero-order chi connectivity index (χ0) is 20.2. The van der Waals surface area contributed by atoms with E-state index in [4.69, 9.17) is 0 Å². The molecule has 1 aliphatic rings. The molecule has 1 unspecified atom stereocenters. The fraction of sp³-hybridized carbons (Fsp3) is 0.0870. The highest BCUT2D eigenvalue weighted by Gasteiger charge is 2.23. The number of nitrogens with zero attached hydrogens (tertiary/aromatic N) is 1. The molecule has 0 aliphatic carbocycles. The molecule has 0 aromatic heterocycles. The highest BCUT2D eigenvalue weighted by molar-refractivity contribution is 8.00. The number of anilines is 1. The van der Waals surface area contributed by atoms with Crippen LogP contribution in [0.4, 0.5) is 5.69 Å². The predicted octanol–water partition coefficient (Wildman–Crippen LogP) is 4.30. The van der Waals surface area contributed by atoms with Gasteiger partial charge in [0.2, 0.25) is 5.91 Å². The van der Waals surface area contributed by atoms with Crippen molar-refractivity contribution in [2.75, 3.05) is 5.32 Å². The van der Waals surface area contributed by atoms with Crippen molar-refractivity contribution in [1.82, 2.24) is 5.43 Å². The van der Waals surface area contributed by atoms with E-state index >= 15 is 0 Å². The molecule has 1 heterocycles. The normalized spacial score (nSPS) is 15.1. The molecule has 0 saturated heterocycles. The van der Waals surface area contributed by atoms with Gasteiger partial charge < -0.3 is 5.32 Å². The lowest BCUT2D eigenvalue weighted by molar-refractivity contribution is -0.115. The number of hydrogen-bond donors (Lipinski definition) is 2. The van der Waals surface area contributed by atoms with Crippen molar-refractivity contribution in [2.24, 2.45) is 5.10 Å². The number of carbonyl (C=O) groups excluding carboxylic acids is 2. The first-order valence-electron chi connectivity index (χ1n) is 9.22. The SMILES string of the molecule is CC1Sc2ccc(C(=O)NN=C(c3ccccc3)c3ccccc3)cc2NC1=O. The Kier molecular flexibility index (Phi) is 5.44. The molecule has 0 spiro atoms. The van der Waals surface area contributed by atoms with Crippen LogP contribution < -0.4 is 10.7 Å². The van der Waals surface area contributed by atoms with E-state index < -0.39 is 0 Å². The fourth-order valence-corrected chi connectivity index (χ4v) is 3.94. The van der Waals surface area contributed by atoms with Gasteiger partial charge in [0, 0.05) is 21.6 Å². The predicted molar refractivity (Wildman–Crippen MR) is 116 cm³/mol. The molecular weight excluding hydrogens is 382 g/mol. The Labute approximate surface area is 173 Å². The summed E-state index contributed by atoms with van der Waals surface area (Å²) in [5.74, 6) is -0.399. The molecule has 3 aromatic rings. The third kappa shape index (κ3) is 4.22. The Hall–Kier alpha value is -3.38. The Morgan fingerprint density at radius 3 is 2.17 bits per heavy atom. The summed E-state index contributed by atoms with van der Waals surface area (Å²) in [4.78, 5) is 25.6. The highest BCUT2D eigenvalue weighted by Crippen LogP contribution is 2.35. The summed E-state index contributed by atoms with van der Waals surface area (Å²) in [5, 5.41) is 7.10. The Balaban J connectivity index is 1.60. The number of benzene rings is 3. The molecule has 2 amide bonds. The van der Waals surface area contributed by atoms with Crippen LogP contribution in [0, 0.1) is 0 Å². The summed E-state index contributed by atoms with van der Waals surface area (Å²) in [5.41, 5.74) is 6.23. The van der Waals surface area contributed by atoms with E-state index in [0.29, 0.717) is 17.0 Å². The van der Waals surface area contributed by atoms with Crippen LogP contribution in [0.5, 0.6) is 0 Å². The van der Waals surface area contributed by atoms with Gasteiger partial charge in [-0.2, -0.15) is 5.10 Å². The highest BCUT2D eigenvalue weighted by atomic mass is 32.2. The maximum absolute atomic E-state index is 12.7. The smallest absolute Gasteiger partial charge is 0.271 e. The molecule has 1 atom stereocenters. The first-order valence-corrected chi connectivity index (χ1v) is 10.1. The lowest BCUT2D eigenvalue weighted by Gasteiger charge is -2.21. The Morgan fingerprint density at radius 2 is 1.55 bits per heavy atom. The minimum Gasteiger partial charge on any atom is -0.324 e. The van der Waals surface area contributed by atoms with Crippen LogP contribution in [-0.2, 0) is 4.79 Å². The molecule has 0 fully saturated rings. The van der Waals surface area contributed by atoms with Gasteiger partial charge in [-0.1, -0.05) is 60.7 Å². The first-order chi connectivity index (χ1) is 14.1. The van der Waals surface area contributed by atoms with Crippen molar-refractivity contribution in [3.63, 3.8) is 0 Å². The van der Waals surface area contributed by atoms with E-state index in [2.05, 4.69) is 15.8 Å². The monoisotopic (exact) mass is 401 g/mol. The topological polar surface area (TPSA) is 70.6 Å². The molecule has 29 heavy (non-hydrogen) atoms. The van der Waals surface area contributed by atoms with Crippen LogP contribution in [0.25, 0.3) is 0 Å². The number of carbonyl (C=O) groups is 2. The van der Waals surface area contributed by atoms with E-state index in [1.54, 1.807) is 12.1 Å². The molecule has 3 aromatic carbocycles. The average molecular weight is 401 g/mol. The van der Waals surface area contributed by atoms with Crippen LogP contribution >= 0.6 is 11.8 Å². The molecule has 6 heteroatoms. The van der Waals surface area contributed by atoms with Gasteiger partial charge in [0.05, 0.1) is 16.6 Å². The van der Waals surface area contributed by atoms with E-state index in [-0.39, 0.29) is 17.1 Å². The van der Waals surface area contributed by atoms with E-state index in [9.17, 15) is 9.59 Å². The summed E-state index contributed by atoms with van der Waals surface area (Å²) < 4.78 is 0. The van der Waals surface area contributed by atoms with Crippen LogP contribution in [0.3, 0.4) is 0 Å². The number of hydrazone groups is 1. The molecule has 4 rings (SSSR count). The van der Waals surface area contributed by atoms with Gasteiger partial charge in [-0.15, -0.1) is 11.8 Å². The van der Waals surface area contributed by atoms with Crippen molar-refractivity contribution >= 4 is 35.0 Å². The number of amides is 2. The molecule has 0 saturated carbocycles. The van der Waals surface area contributed by atoms with Crippen LogP contribution in [0.1, 0.15) is 28.4 Å². The van der Waals surface area contributed by atoms with Crippen molar-refractivity contribution < 1.29 is 9.59 Å². The quantitative estimate of drug-likeness (QED) is 0.506. The minimum atomic E-state index is -0.338. The second-order valence-electron chi connectivity index (χ2n) is 6.59. The Morgan fingerprint density at radius 1 is 0.931 bits per heavy atom. The van der Waals surface area contributed by atoms with Crippen LogP contribution in [0.2, 0.25) is 0 Å². The summed E-state index contributed by atoms with van der Waals surface area (Å²) in [6, 6.07) is 24.7. The number of hydrogen-bond acceptors (Lipinski definition) is 4. The minimum absolute atomic E-state index is 0.0616. The summed E-state index contributed by atoms with van der Waals surface area (Å²) in [6.45, 7) is 1.85. The molecule has 144 valence electrons. The van der Waals surface area contributed by atoms with Gasteiger partial charge in [0.15, 0.2) is 0 Å². The summed E-state index contributed by atoms with van der Waals surface area (Å²) in [6.07, 6.45) is 0. The number of rotatable bonds is 4. The summed E-state index contributed by atoms with van der Waals surface area (Å²) >= 11 is 1.48. The van der Waals surface area contributed by atoms with E-state index in [1.807, 2.05) is 73.7 Å². The lowest BCUT2D eigenvalue weighted by Crippen LogP contribution is -2.27. The number of fused-ring (bicyclic) bond motifs is 1. The molecule has 5 nitrogen and oxygen atoms in total. The fourth-order valence-electron chi connectivity index (χ4n) is 3.01. The van der Waals surface area contributed by atoms with E-state index in [0.717, 1.165) is 16.0 Å². The van der Waals surface area contributed by atoms with Crippen molar-refractivity contribution in [3.05, 3.63) is 95.6 Å². The second kappa shape index (κ2) is 8.32. The first kappa shape index (κ1) is 19.0. The standard InChI is InChI=1S/C23H19N3O2S/c1-15-22(27)24-19-14-18(12-13-20(19)29-15)23(28)26-25-21(16-8-4-2-5-9-16)17-10-6-3-7-11-17/h2-15H,1H3,(H,24,27)(H,26,28). The second-order valence-corrected chi connectivity index (χ2v) is 7.98. The van der Waals surface area contributed by atoms with Crippen molar-refractivity contribution in [2.45, 2.75) is 17.1 Å². The van der Waals surface area contributed by atoms with Gasteiger partial charge in [0.1, 0.15) is 0 Å². The zero-order valence-electron chi connectivity index (χ0n) is 15.8. The van der Waals surface area contributed by atoms with Crippen LogP contribution in [-0.4, -0.2) is 22.8 Å². The molecule has 1 aliphatic heterocycles. The van der Waals surface area contributed by atoms with Crippen molar-refractivity contribution in [3.8, 4) is 0 Å². The third-order valence-electron chi connectivity index (χ3n) is 4.54. The van der Waals surface area contributed by atoms with Gasteiger partial charge in [-0.3, -0.25) is 9.59 Å². The molecule has 0 radical (unpaired) electrons. The van der Waals surface area contributed by atoms with Gasteiger partial charge in [-0.05, 0) is 25.1 Å². The number of thioether (sulfide) groups is 1. The van der Waals surface area contributed by atoms with Gasteiger partial charge in [-0.25, -0.2) is 5.43 Å².